The second-order valence-corrected chi connectivity index (χ2v) is 5.12. The van der Waals surface area contributed by atoms with Crippen molar-refractivity contribution in [1.29, 1.82) is 0 Å². The second-order valence-electron chi connectivity index (χ2n) is 5.12. The summed E-state index contributed by atoms with van der Waals surface area (Å²) in [5.74, 6) is -0.0710. The van der Waals surface area contributed by atoms with Gasteiger partial charge in [-0.25, -0.2) is 0 Å². The van der Waals surface area contributed by atoms with Gasteiger partial charge in [-0.2, -0.15) is 0 Å². The topological polar surface area (TPSA) is 61.4 Å². The average molecular weight is 277 g/mol. The highest BCUT2D eigenvalue weighted by Gasteiger charge is 2.09. The van der Waals surface area contributed by atoms with Gasteiger partial charge in [0.15, 0.2) is 0 Å². The molecule has 0 aromatic heterocycles. The van der Waals surface area contributed by atoms with Crippen molar-refractivity contribution >= 4 is 17.5 Å². The average Bonchev–Trinajstić information content (AvgIpc) is 2.36. The van der Waals surface area contributed by atoms with Gasteiger partial charge < -0.3 is 10.6 Å². The van der Waals surface area contributed by atoms with Crippen LogP contribution in [-0.2, 0) is 9.59 Å². The van der Waals surface area contributed by atoms with E-state index < -0.39 is 0 Å². The molecule has 0 spiro atoms. The van der Waals surface area contributed by atoms with Crippen molar-refractivity contribution in [1.82, 2.24) is 10.2 Å². The summed E-state index contributed by atoms with van der Waals surface area (Å²) in [7, 11) is 1.83. The molecule has 0 aliphatic heterocycles. The molecule has 0 saturated carbocycles. The quantitative estimate of drug-likeness (QED) is 0.793. The molecule has 1 rings (SSSR count). The second kappa shape index (κ2) is 8.32. The molecular formula is C15H23N3O2. The first kappa shape index (κ1) is 16.2. The van der Waals surface area contributed by atoms with Gasteiger partial charge in [0.05, 0.1) is 6.54 Å². The van der Waals surface area contributed by atoms with Gasteiger partial charge in [-0.1, -0.05) is 18.2 Å². The van der Waals surface area contributed by atoms with Crippen LogP contribution in [0.5, 0.6) is 0 Å². The van der Waals surface area contributed by atoms with Crippen molar-refractivity contribution in [2.45, 2.75) is 26.3 Å². The SMILES string of the molecule is CC(C)NC(=O)CN(C)CCC(=O)Nc1ccccc1. The van der Waals surface area contributed by atoms with E-state index in [9.17, 15) is 9.59 Å². The molecule has 2 amide bonds. The first-order valence-corrected chi connectivity index (χ1v) is 6.80. The van der Waals surface area contributed by atoms with Crippen LogP contribution < -0.4 is 10.6 Å². The first-order chi connectivity index (χ1) is 9.47. The van der Waals surface area contributed by atoms with E-state index in [0.717, 1.165) is 5.69 Å². The molecule has 0 radical (unpaired) electrons. The highest BCUT2D eigenvalue weighted by atomic mass is 16.2. The molecule has 5 nitrogen and oxygen atoms in total. The number of nitrogens with zero attached hydrogens (tertiary/aromatic N) is 1. The minimum atomic E-state index is -0.0488. The normalized spacial score (nSPS) is 10.7. The van der Waals surface area contributed by atoms with Crippen LogP contribution in [0.25, 0.3) is 0 Å². The Morgan fingerprint density at radius 2 is 1.80 bits per heavy atom. The van der Waals surface area contributed by atoms with Crippen LogP contribution in [-0.4, -0.2) is 42.9 Å². The molecule has 0 aliphatic rings. The Labute approximate surface area is 120 Å². The summed E-state index contributed by atoms with van der Waals surface area (Å²) in [4.78, 5) is 25.1. The van der Waals surface area contributed by atoms with E-state index in [4.69, 9.17) is 0 Å². The summed E-state index contributed by atoms with van der Waals surface area (Å²) in [6, 6.07) is 9.47. The molecule has 0 bridgehead atoms. The van der Waals surface area contributed by atoms with Gasteiger partial charge in [-0.3, -0.25) is 14.5 Å². The minimum Gasteiger partial charge on any atom is -0.353 e. The van der Waals surface area contributed by atoms with Crippen LogP contribution in [0.3, 0.4) is 0 Å². The van der Waals surface area contributed by atoms with Crippen LogP contribution in [0.1, 0.15) is 20.3 Å². The van der Waals surface area contributed by atoms with Gasteiger partial charge in [-0.15, -0.1) is 0 Å². The van der Waals surface area contributed by atoms with Crippen LogP contribution in [0.4, 0.5) is 5.69 Å². The van der Waals surface area contributed by atoms with Crippen molar-refractivity contribution in [3.8, 4) is 0 Å². The van der Waals surface area contributed by atoms with E-state index in [2.05, 4.69) is 10.6 Å². The van der Waals surface area contributed by atoms with Gasteiger partial charge in [0.2, 0.25) is 11.8 Å². The minimum absolute atomic E-state index is 0.0223. The Morgan fingerprint density at radius 3 is 2.40 bits per heavy atom. The Kier molecular flexibility index (Phi) is 6.73. The molecular weight excluding hydrogens is 254 g/mol. The molecule has 0 fully saturated rings. The van der Waals surface area contributed by atoms with Gasteiger partial charge in [0, 0.05) is 24.7 Å². The number of hydrogen-bond donors (Lipinski definition) is 2. The fraction of sp³-hybridized carbons (Fsp3) is 0.467. The molecule has 0 aliphatic carbocycles. The summed E-state index contributed by atoms with van der Waals surface area (Å²) in [6.07, 6.45) is 0.361. The van der Waals surface area contributed by atoms with E-state index in [-0.39, 0.29) is 17.9 Å². The Bertz CT molecular complexity index is 432. The number of benzene rings is 1. The highest BCUT2D eigenvalue weighted by Crippen LogP contribution is 2.05. The van der Waals surface area contributed by atoms with Crippen LogP contribution in [0.15, 0.2) is 30.3 Å². The summed E-state index contributed by atoms with van der Waals surface area (Å²) < 4.78 is 0. The number of anilines is 1. The molecule has 110 valence electrons. The standard InChI is InChI=1S/C15H23N3O2/c1-12(2)16-15(20)11-18(3)10-9-14(19)17-13-7-5-4-6-8-13/h4-8,12H,9-11H2,1-3H3,(H,16,20)(H,17,19). The molecule has 0 atom stereocenters. The first-order valence-electron chi connectivity index (χ1n) is 6.80. The zero-order valence-electron chi connectivity index (χ0n) is 12.3. The predicted molar refractivity (Wildman–Crippen MR) is 80.5 cm³/mol. The third kappa shape index (κ3) is 6.89. The molecule has 0 unspecified atom stereocenters. The number of hydrogen-bond acceptors (Lipinski definition) is 3. The molecule has 1 aromatic carbocycles. The third-order valence-electron chi connectivity index (χ3n) is 2.64. The molecule has 2 N–H and O–H groups in total. The van der Waals surface area contributed by atoms with E-state index >= 15 is 0 Å². The number of para-hydroxylation sites is 1. The maximum Gasteiger partial charge on any atom is 0.234 e. The van der Waals surface area contributed by atoms with Gasteiger partial charge >= 0.3 is 0 Å². The van der Waals surface area contributed by atoms with Crippen LogP contribution in [0.2, 0.25) is 0 Å². The van der Waals surface area contributed by atoms with Crippen LogP contribution in [0, 0.1) is 0 Å². The number of carbonyl (C=O) groups is 2. The summed E-state index contributed by atoms with van der Waals surface area (Å²) >= 11 is 0. The van der Waals surface area contributed by atoms with E-state index in [0.29, 0.717) is 19.5 Å². The molecule has 5 heteroatoms. The third-order valence-corrected chi connectivity index (χ3v) is 2.64. The molecule has 1 aromatic rings. The Morgan fingerprint density at radius 1 is 1.15 bits per heavy atom. The maximum absolute atomic E-state index is 11.7. The van der Waals surface area contributed by atoms with E-state index in [1.54, 1.807) is 0 Å². The van der Waals surface area contributed by atoms with Crippen molar-refractivity contribution in [3.05, 3.63) is 30.3 Å². The summed E-state index contributed by atoms with van der Waals surface area (Å²) in [5, 5.41) is 5.64. The number of rotatable bonds is 7. The zero-order chi connectivity index (χ0) is 15.0. The number of nitrogens with one attached hydrogen (secondary N) is 2. The number of amides is 2. The molecule has 0 heterocycles. The maximum atomic E-state index is 11.7. The smallest absolute Gasteiger partial charge is 0.234 e. The Balaban J connectivity index is 2.25. The van der Waals surface area contributed by atoms with Crippen molar-refractivity contribution in [3.63, 3.8) is 0 Å². The molecule has 20 heavy (non-hydrogen) atoms. The van der Waals surface area contributed by atoms with Gasteiger partial charge in [0.1, 0.15) is 0 Å². The van der Waals surface area contributed by atoms with Crippen LogP contribution >= 0.6 is 0 Å². The predicted octanol–water partition coefficient (Wildman–Crippen LogP) is 1.47. The number of carbonyl (C=O) groups excluding carboxylic acids is 2. The Hall–Kier alpha value is -1.88. The highest BCUT2D eigenvalue weighted by molar-refractivity contribution is 5.90. The van der Waals surface area contributed by atoms with E-state index in [1.165, 1.54) is 0 Å². The lowest BCUT2D eigenvalue weighted by Gasteiger charge is -2.17. The monoisotopic (exact) mass is 277 g/mol. The lowest BCUT2D eigenvalue weighted by Crippen LogP contribution is -2.39. The van der Waals surface area contributed by atoms with Crippen molar-refractivity contribution < 1.29 is 9.59 Å². The fourth-order valence-electron chi connectivity index (χ4n) is 1.73. The number of likely N-dealkylation sites (N-methyl/N-ethyl adjacent to an activating group) is 1. The summed E-state index contributed by atoms with van der Waals surface area (Å²) in [5.41, 5.74) is 0.790. The fourth-order valence-corrected chi connectivity index (χ4v) is 1.73. The lowest BCUT2D eigenvalue weighted by molar-refractivity contribution is -0.123. The zero-order valence-corrected chi connectivity index (χ0v) is 12.3. The lowest BCUT2D eigenvalue weighted by atomic mass is 10.3. The van der Waals surface area contributed by atoms with E-state index in [1.807, 2.05) is 56.1 Å². The van der Waals surface area contributed by atoms with Crippen molar-refractivity contribution in [2.75, 3.05) is 25.5 Å². The van der Waals surface area contributed by atoms with Crippen molar-refractivity contribution in [2.24, 2.45) is 0 Å². The van der Waals surface area contributed by atoms with Gasteiger partial charge in [0.25, 0.3) is 0 Å². The summed E-state index contributed by atoms with van der Waals surface area (Å²) in [6.45, 7) is 4.69. The van der Waals surface area contributed by atoms with Gasteiger partial charge in [-0.05, 0) is 33.0 Å². The largest absolute Gasteiger partial charge is 0.353 e. The molecule has 0 saturated heterocycles.